The molecule has 0 bridgehead atoms. The highest BCUT2D eigenvalue weighted by Crippen LogP contribution is 2.05. The van der Waals surface area contributed by atoms with Gasteiger partial charge in [0, 0.05) is 19.1 Å². The summed E-state index contributed by atoms with van der Waals surface area (Å²) in [5, 5.41) is 0. The second-order valence-electron chi connectivity index (χ2n) is 4.57. The van der Waals surface area contributed by atoms with Crippen molar-refractivity contribution in [3.05, 3.63) is 0 Å². The average Bonchev–Trinajstić information content (AvgIpc) is 2.14. The Balaban J connectivity index is 4.22. The van der Waals surface area contributed by atoms with Crippen LogP contribution in [0.1, 0.15) is 27.7 Å². The van der Waals surface area contributed by atoms with Crippen LogP contribution in [0.15, 0.2) is 0 Å². The van der Waals surface area contributed by atoms with Gasteiger partial charge in [0.25, 0.3) is 0 Å². The van der Waals surface area contributed by atoms with E-state index in [9.17, 15) is 4.79 Å². The minimum atomic E-state index is -0.545. The second-order valence-corrected chi connectivity index (χ2v) is 4.57. The summed E-state index contributed by atoms with van der Waals surface area (Å²) in [5.41, 5.74) is 5.73. The van der Waals surface area contributed by atoms with Gasteiger partial charge < -0.3 is 10.5 Å². The summed E-state index contributed by atoms with van der Waals surface area (Å²) in [7, 11) is 1.37. The maximum Gasteiger partial charge on any atom is 0.323 e. The Morgan fingerprint density at radius 2 is 1.80 bits per heavy atom. The first-order valence-corrected chi connectivity index (χ1v) is 5.46. The Morgan fingerprint density at radius 1 is 1.27 bits per heavy atom. The molecule has 0 saturated heterocycles. The van der Waals surface area contributed by atoms with Gasteiger partial charge in [0.15, 0.2) is 0 Å². The normalized spacial score (nSPS) is 13.7. The summed E-state index contributed by atoms with van der Waals surface area (Å²) in [5.74, 6) is 0.224. The topological polar surface area (TPSA) is 55.6 Å². The lowest BCUT2D eigenvalue weighted by Gasteiger charge is -2.29. The minimum Gasteiger partial charge on any atom is -0.468 e. The molecule has 0 radical (unpaired) electrons. The quantitative estimate of drug-likeness (QED) is 0.669. The van der Waals surface area contributed by atoms with E-state index in [2.05, 4.69) is 37.3 Å². The van der Waals surface area contributed by atoms with Crippen molar-refractivity contribution in [2.75, 3.05) is 20.2 Å². The predicted octanol–water partition coefficient (Wildman–Crippen LogP) is 0.853. The molecule has 1 atom stereocenters. The van der Waals surface area contributed by atoms with E-state index in [4.69, 9.17) is 5.73 Å². The standard InChI is InChI=1S/C11H24N2O2/c1-8(2)6-13(9(3)4)7-10(12)11(14)15-5/h8-10H,6-7,12H2,1-5H3. The van der Waals surface area contributed by atoms with Crippen molar-refractivity contribution in [2.45, 2.75) is 39.8 Å². The molecular weight excluding hydrogens is 192 g/mol. The molecule has 0 spiro atoms. The second kappa shape index (κ2) is 6.80. The third kappa shape index (κ3) is 5.74. The number of nitrogens with zero attached hydrogens (tertiary/aromatic N) is 1. The van der Waals surface area contributed by atoms with Gasteiger partial charge in [-0.3, -0.25) is 9.69 Å². The third-order valence-corrected chi connectivity index (χ3v) is 2.27. The lowest BCUT2D eigenvalue weighted by atomic mass is 10.1. The largest absolute Gasteiger partial charge is 0.468 e. The van der Waals surface area contributed by atoms with Crippen LogP contribution in [0.3, 0.4) is 0 Å². The summed E-state index contributed by atoms with van der Waals surface area (Å²) < 4.78 is 4.61. The molecule has 0 aromatic heterocycles. The lowest BCUT2D eigenvalue weighted by Crippen LogP contribution is -2.47. The highest BCUT2D eigenvalue weighted by atomic mass is 16.5. The molecule has 90 valence electrons. The maximum absolute atomic E-state index is 11.2. The fourth-order valence-electron chi connectivity index (χ4n) is 1.44. The molecular formula is C11H24N2O2. The van der Waals surface area contributed by atoms with Crippen molar-refractivity contribution in [2.24, 2.45) is 11.7 Å². The van der Waals surface area contributed by atoms with E-state index in [0.29, 0.717) is 18.5 Å². The van der Waals surface area contributed by atoms with Crippen molar-refractivity contribution in [3.8, 4) is 0 Å². The fraction of sp³-hybridized carbons (Fsp3) is 0.909. The molecule has 0 saturated carbocycles. The number of carbonyl (C=O) groups excluding carboxylic acids is 1. The SMILES string of the molecule is COC(=O)C(N)CN(CC(C)C)C(C)C. The fourth-order valence-corrected chi connectivity index (χ4v) is 1.44. The first-order chi connectivity index (χ1) is 6.88. The monoisotopic (exact) mass is 216 g/mol. The Bertz CT molecular complexity index is 193. The van der Waals surface area contributed by atoms with Crippen LogP contribution in [0.2, 0.25) is 0 Å². The first kappa shape index (κ1) is 14.4. The van der Waals surface area contributed by atoms with Crippen molar-refractivity contribution < 1.29 is 9.53 Å². The van der Waals surface area contributed by atoms with Gasteiger partial charge in [0.2, 0.25) is 0 Å². The first-order valence-electron chi connectivity index (χ1n) is 5.46. The van der Waals surface area contributed by atoms with Crippen molar-refractivity contribution >= 4 is 5.97 Å². The zero-order chi connectivity index (χ0) is 12.0. The molecule has 0 aliphatic rings. The molecule has 4 heteroatoms. The summed E-state index contributed by atoms with van der Waals surface area (Å²) in [6.07, 6.45) is 0. The number of carbonyl (C=O) groups is 1. The molecule has 1 unspecified atom stereocenters. The maximum atomic E-state index is 11.2. The molecule has 2 N–H and O–H groups in total. The van der Waals surface area contributed by atoms with E-state index >= 15 is 0 Å². The van der Waals surface area contributed by atoms with Crippen molar-refractivity contribution in [1.82, 2.24) is 4.90 Å². The summed E-state index contributed by atoms with van der Waals surface area (Å²) >= 11 is 0. The van der Waals surface area contributed by atoms with Crippen molar-refractivity contribution in [3.63, 3.8) is 0 Å². The molecule has 0 aliphatic carbocycles. The van der Waals surface area contributed by atoms with Gasteiger partial charge in [-0.25, -0.2) is 0 Å². The van der Waals surface area contributed by atoms with Crippen LogP contribution in [0.25, 0.3) is 0 Å². The lowest BCUT2D eigenvalue weighted by molar-refractivity contribution is -0.142. The van der Waals surface area contributed by atoms with Gasteiger partial charge >= 0.3 is 5.97 Å². The van der Waals surface area contributed by atoms with Crippen LogP contribution in [0.4, 0.5) is 0 Å². The number of rotatable bonds is 6. The van der Waals surface area contributed by atoms with E-state index in [0.717, 1.165) is 6.54 Å². The zero-order valence-electron chi connectivity index (χ0n) is 10.5. The third-order valence-electron chi connectivity index (χ3n) is 2.27. The van der Waals surface area contributed by atoms with E-state index in [1.165, 1.54) is 7.11 Å². The van der Waals surface area contributed by atoms with Crippen LogP contribution >= 0.6 is 0 Å². The van der Waals surface area contributed by atoms with Crippen LogP contribution in [0, 0.1) is 5.92 Å². The molecule has 0 fully saturated rings. The van der Waals surface area contributed by atoms with Gasteiger partial charge in [0.05, 0.1) is 7.11 Å². The molecule has 0 rings (SSSR count). The van der Waals surface area contributed by atoms with Crippen molar-refractivity contribution in [1.29, 1.82) is 0 Å². The van der Waals surface area contributed by atoms with Gasteiger partial charge in [-0.15, -0.1) is 0 Å². The number of methoxy groups -OCH3 is 1. The van der Waals surface area contributed by atoms with E-state index in [-0.39, 0.29) is 5.97 Å². The summed E-state index contributed by atoms with van der Waals surface area (Å²) in [6.45, 7) is 10.0. The zero-order valence-corrected chi connectivity index (χ0v) is 10.5. The predicted molar refractivity (Wildman–Crippen MR) is 61.5 cm³/mol. The number of esters is 1. The highest BCUT2D eigenvalue weighted by molar-refractivity contribution is 5.75. The number of hydrogen-bond donors (Lipinski definition) is 1. The van der Waals surface area contributed by atoms with Gasteiger partial charge in [-0.05, 0) is 19.8 Å². The molecule has 0 aromatic rings. The smallest absolute Gasteiger partial charge is 0.323 e. The molecule has 0 heterocycles. The minimum absolute atomic E-state index is 0.343. The number of ether oxygens (including phenoxy) is 1. The van der Waals surface area contributed by atoms with Crippen LogP contribution in [0.5, 0.6) is 0 Å². The van der Waals surface area contributed by atoms with Gasteiger partial charge in [0.1, 0.15) is 6.04 Å². The van der Waals surface area contributed by atoms with E-state index in [1.807, 2.05) is 0 Å². The number of hydrogen-bond acceptors (Lipinski definition) is 4. The molecule has 0 aromatic carbocycles. The Labute approximate surface area is 92.8 Å². The van der Waals surface area contributed by atoms with Crippen LogP contribution in [-0.2, 0) is 9.53 Å². The average molecular weight is 216 g/mol. The van der Waals surface area contributed by atoms with Gasteiger partial charge in [-0.1, -0.05) is 13.8 Å². The molecule has 0 amide bonds. The number of nitrogens with two attached hydrogens (primary N) is 1. The Morgan fingerprint density at radius 3 is 2.13 bits per heavy atom. The van der Waals surface area contributed by atoms with Crippen LogP contribution in [-0.4, -0.2) is 43.2 Å². The molecule has 0 aliphatic heterocycles. The van der Waals surface area contributed by atoms with Crippen LogP contribution < -0.4 is 5.73 Å². The highest BCUT2D eigenvalue weighted by Gasteiger charge is 2.20. The van der Waals surface area contributed by atoms with E-state index < -0.39 is 6.04 Å². The Kier molecular flexibility index (Phi) is 6.52. The molecule has 15 heavy (non-hydrogen) atoms. The molecule has 4 nitrogen and oxygen atoms in total. The van der Waals surface area contributed by atoms with E-state index in [1.54, 1.807) is 0 Å². The van der Waals surface area contributed by atoms with Gasteiger partial charge in [-0.2, -0.15) is 0 Å². The summed E-state index contributed by atoms with van der Waals surface area (Å²) in [6, 6.07) is -0.153. The Hall–Kier alpha value is -0.610. The summed E-state index contributed by atoms with van der Waals surface area (Å²) in [4.78, 5) is 13.4.